The third-order valence-electron chi connectivity index (χ3n) is 1.43. The molecule has 3 heteroatoms. The number of aliphatic hydroxyl groups excluding tert-OH is 1. The first-order valence-corrected chi connectivity index (χ1v) is 3.17. The molecule has 1 aliphatic carbocycles. The second-order valence-corrected chi connectivity index (χ2v) is 2.31. The molecule has 1 aliphatic rings. The molecule has 1 unspecified atom stereocenters. The predicted octanol–water partition coefficient (Wildman–Crippen LogP) is 1.42. The van der Waals surface area contributed by atoms with Gasteiger partial charge < -0.3 is 5.11 Å². The molecule has 0 spiro atoms. The average Bonchev–Trinajstić information content (AvgIpc) is 2.03. The first kappa shape index (κ1) is 7.37. The van der Waals surface area contributed by atoms with E-state index in [-0.39, 0.29) is 11.7 Å². The normalized spacial score (nSPS) is 22.5. The largest absolute Gasteiger partial charge is 0.512 e. The van der Waals surface area contributed by atoms with Crippen LogP contribution in [-0.4, -0.2) is 5.11 Å². The summed E-state index contributed by atoms with van der Waals surface area (Å²) in [5.74, 6) is -0.245. The van der Waals surface area contributed by atoms with Gasteiger partial charge in [0.05, 0.1) is 29.4 Å². The molecule has 1 atom stereocenters. The summed E-state index contributed by atoms with van der Waals surface area (Å²) in [6, 6.07) is 3.84. The fourth-order valence-electron chi connectivity index (χ4n) is 0.940. The van der Waals surface area contributed by atoms with Crippen LogP contribution in [0.25, 0.3) is 0 Å². The van der Waals surface area contributed by atoms with E-state index in [0.29, 0.717) is 12.0 Å². The maximum absolute atomic E-state index is 9.03. The van der Waals surface area contributed by atoms with Gasteiger partial charge in [0.2, 0.25) is 0 Å². The van der Waals surface area contributed by atoms with E-state index in [1.54, 1.807) is 6.08 Å². The maximum atomic E-state index is 9.03. The fourth-order valence-corrected chi connectivity index (χ4v) is 0.940. The molecule has 0 aromatic heterocycles. The molecule has 0 saturated carbocycles. The first-order valence-electron chi connectivity index (χ1n) is 3.17. The summed E-state index contributed by atoms with van der Waals surface area (Å²) in [4.78, 5) is 0. The van der Waals surface area contributed by atoms with Crippen LogP contribution in [-0.2, 0) is 0 Å². The molecule has 3 nitrogen and oxygen atoms in total. The molecular weight excluding hydrogens is 140 g/mol. The van der Waals surface area contributed by atoms with Crippen molar-refractivity contribution in [2.24, 2.45) is 5.92 Å². The van der Waals surface area contributed by atoms with Gasteiger partial charge in [0.1, 0.15) is 0 Å². The molecule has 0 heterocycles. The highest BCUT2D eigenvalue weighted by atomic mass is 16.3. The second kappa shape index (κ2) is 2.90. The van der Waals surface area contributed by atoms with Crippen LogP contribution in [0, 0.1) is 28.6 Å². The Kier molecular flexibility index (Phi) is 1.94. The van der Waals surface area contributed by atoms with Crippen molar-refractivity contribution in [1.29, 1.82) is 10.5 Å². The first-order chi connectivity index (χ1) is 5.26. The summed E-state index contributed by atoms with van der Waals surface area (Å²) < 4.78 is 0. The number of nitriles is 2. The summed E-state index contributed by atoms with van der Waals surface area (Å²) in [6.07, 6.45) is 3.26. The van der Waals surface area contributed by atoms with Gasteiger partial charge in [-0.25, -0.2) is 0 Å². The van der Waals surface area contributed by atoms with Crippen LogP contribution >= 0.6 is 0 Å². The third-order valence-corrected chi connectivity index (χ3v) is 1.43. The highest BCUT2D eigenvalue weighted by molar-refractivity contribution is 5.38. The monoisotopic (exact) mass is 146 g/mol. The Hall–Kier alpha value is -1.74. The van der Waals surface area contributed by atoms with Crippen LogP contribution in [0.5, 0.6) is 0 Å². The molecular formula is C8H6N2O. The Morgan fingerprint density at radius 3 is 2.82 bits per heavy atom. The molecule has 54 valence electrons. The van der Waals surface area contributed by atoms with Crippen molar-refractivity contribution in [2.75, 3.05) is 0 Å². The van der Waals surface area contributed by atoms with Gasteiger partial charge in [-0.1, -0.05) is 0 Å². The molecule has 0 aromatic carbocycles. The number of allylic oxidation sites excluding steroid dienone is 4. The summed E-state index contributed by atoms with van der Waals surface area (Å²) in [5, 5.41) is 25.9. The third kappa shape index (κ3) is 1.59. The van der Waals surface area contributed by atoms with Crippen LogP contribution in [0.4, 0.5) is 0 Å². The zero-order chi connectivity index (χ0) is 8.27. The van der Waals surface area contributed by atoms with E-state index in [9.17, 15) is 0 Å². The van der Waals surface area contributed by atoms with E-state index >= 15 is 0 Å². The van der Waals surface area contributed by atoms with Crippen molar-refractivity contribution in [1.82, 2.24) is 0 Å². The minimum atomic E-state index is -0.352. The Morgan fingerprint density at radius 1 is 1.55 bits per heavy atom. The quantitative estimate of drug-likeness (QED) is 0.562. The number of rotatable bonds is 0. The lowest BCUT2D eigenvalue weighted by molar-refractivity contribution is 0.376. The molecule has 0 amide bonds. The SMILES string of the molecule is N#CC1=CC(C#N)CC(O)=C1. The molecule has 0 bridgehead atoms. The lowest BCUT2D eigenvalue weighted by Gasteiger charge is -2.08. The maximum Gasteiger partial charge on any atom is 0.0989 e. The minimum Gasteiger partial charge on any atom is -0.512 e. The molecule has 11 heavy (non-hydrogen) atoms. The van der Waals surface area contributed by atoms with Crippen molar-refractivity contribution in [2.45, 2.75) is 6.42 Å². The summed E-state index contributed by atoms with van der Waals surface area (Å²) in [7, 11) is 0. The fraction of sp³-hybridized carbons (Fsp3) is 0.250. The Balaban J connectivity index is 2.90. The van der Waals surface area contributed by atoms with Crippen molar-refractivity contribution in [3.05, 3.63) is 23.5 Å². The highest BCUT2D eigenvalue weighted by Crippen LogP contribution is 2.19. The lowest BCUT2D eigenvalue weighted by Crippen LogP contribution is -2.01. The van der Waals surface area contributed by atoms with E-state index in [1.807, 2.05) is 12.1 Å². The van der Waals surface area contributed by atoms with Crippen LogP contribution in [0.2, 0.25) is 0 Å². The Morgan fingerprint density at radius 2 is 2.27 bits per heavy atom. The minimum absolute atomic E-state index is 0.107. The highest BCUT2D eigenvalue weighted by Gasteiger charge is 2.13. The predicted molar refractivity (Wildman–Crippen MR) is 38.1 cm³/mol. The molecule has 0 aromatic rings. The van der Waals surface area contributed by atoms with Gasteiger partial charge in [-0.3, -0.25) is 0 Å². The molecule has 0 radical (unpaired) electrons. The number of nitrogens with zero attached hydrogens (tertiary/aromatic N) is 2. The van der Waals surface area contributed by atoms with Gasteiger partial charge in [0, 0.05) is 6.42 Å². The summed E-state index contributed by atoms with van der Waals surface area (Å²) in [6.45, 7) is 0. The zero-order valence-corrected chi connectivity index (χ0v) is 5.78. The van der Waals surface area contributed by atoms with E-state index in [2.05, 4.69) is 0 Å². The smallest absolute Gasteiger partial charge is 0.0989 e. The molecule has 0 saturated heterocycles. The Labute approximate surface area is 64.5 Å². The summed E-state index contributed by atoms with van der Waals surface area (Å²) >= 11 is 0. The standard InChI is InChI=1S/C8H6N2O/c9-4-6-1-7(5-10)3-8(11)2-6/h1-2,7,11H,3H2. The van der Waals surface area contributed by atoms with Crippen molar-refractivity contribution in [3.63, 3.8) is 0 Å². The van der Waals surface area contributed by atoms with Crippen LogP contribution in [0.3, 0.4) is 0 Å². The van der Waals surface area contributed by atoms with Gasteiger partial charge in [0.15, 0.2) is 0 Å². The second-order valence-electron chi connectivity index (χ2n) is 2.31. The van der Waals surface area contributed by atoms with Crippen LogP contribution < -0.4 is 0 Å². The van der Waals surface area contributed by atoms with Crippen molar-refractivity contribution in [3.8, 4) is 12.1 Å². The zero-order valence-electron chi connectivity index (χ0n) is 5.78. The molecule has 0 aliphatic heterocycles. The van der Waals surface area contributed by atoms with E-state index < -0.39 is 0 Å². The Bertz CT molecular complexity index is 301. The molecule has 0 fully saturated rings. The van der Waals surface area contributed by atoms with E-state index in [4.69, 9.17) is 15.6 Å². The van der Waals surface area contributed by atoms with Crippen molar-refractivity contribution >= 4 is 0 Å². The van der Waals surface area contributed by atoms with Gasteiger partial charge in [-0.05, 0) is 12.2 Å². The van der Waals surface area contributed by atoms with Gasteiger partial charge >= 0.3 is 0 Å². The van der Waals surface area contributed by atoms with Gasteiger partial charge in [-0.15, -0.1) is 0 Å². The average molecular weight is 146 g/mol. The van der Waals surface area contributed by atoms with Crippen LogP contribution in [0.15, 0.2) is 23.5 Å². The topological polar surface area (TPSA) is 67.8 Å². The van der Waals surface area contributed by atoms with Crippen molar-refractivity contribution < 1.29 is 5.11 Å². The lowest BCUT2D eigenvalue weighted by atomic mass is 9.97. The summed E-state index contributed by atoms with van der Waals surface area (Å²) in [5.41, 5.74) is 0.361. The number of hydrogen-bond acceptors (Lipinski definition) is 3. The van der Waals surface area contributed by atoms with E-state index in [0.717, 1.165) is 0 Å². The van der Waals surface area contributed by atoms with Gasteiger partial charge in [-0.2, -0.15) is 10.5 Å². The number of aliphatic hydroxyl groups is 1. The molecule has 1 N–H and O–H groups in total. The van der Waals surface area contributed by atoms with Gasteiger partial charge in [0.25, 0.3) is 0 Å². The molecule has 1 rings (SSSR count). The number of hydrogen-bond donors (Lipinski definition) is 1. The van der Waals surface area contributed by atoms with Crippen LogP contribution in [0.1, 0.15) is 6.42 Å². The van der Waals surface area contributed by atoms with E-state index in [1.165, 1.54) is 6.08 Å².